The van der Waals surface area contributed by atoms with Gasteiger partial charge in [-0.25, -0.2) is 0 Å². The van der Waals surface area contributed by atoms with E-state index in [4.69, 9.17) is 15.6 Å². The third kappa shape index (κ3) is 11.2. The van der Waals surface area contributed by atoms with Crippen LogP contribution in [0.5, 0.6) is 5.75 Å². The molecule has 2 amide bonds. The minimum Gasteiger partial charge on any atom is -0.461 e. The molecule has 0 aliphatic heterocycles. The SMILES string of the molecule is N=C(Nc1ccc(CC(=O)N(c2ccc(Nc3ccccc3)cc2)C(Oc2ccc(NC(=N)c3cccs3)cc2)C(=O)Nc2ccc(Nc3ccccc3)cc2)cc1)c1cccs1. The number of nitrogens with zero attached hydrogens (tertiary/aromatic N) is 1. The number of carbonyl (C=O) groups excluding carboxylic acids is 2. The largest absolute Gasteiger partial charge is 0.461 e. The van der Waals surface area contributed by atoms with Crippen molar-refractivity contribution in [1.29, 1.82) is 10.8 Å². The summed E-state index contributed by atoms with van der Waals surface area (Å²) in [4.78, 5) is 32.4. The second kappa shape index (κ2) is 20.0. The standard InChI is InChI=1S/C50H42N8O3S2/c51-47(44-13-7-31-62-44)55-39-17-15-34(16-18-39)33-46(59)58(42-27-23-38(24-28-42)54-36-11-5-2-6-12-36)50(61-43-29-25-40(26-30-43)56-48(52)45-14-8-32-63-45)49(60)57-41-21-19-37(20-22-41)53-35-9-3-1-4-10-35/h1-32,50,53-54H,33H2,(H2,51,55)(H2,52,56)(H,57,60). The molecule has 13 heteroatoms. The number of ether oxygens (including phenoxy) is 1. The van der Waals surface area contributed by atoms with Crippen molar-refractivity contribution < 1.29 is 14.3 Å². The van der Waals surface area contributed by atoms with Crippen molar-refractivity contribution in [2.75, 3.05) is 31.5 Å². The van der Waals surface area contributed by atoms with Gasteiger partial charge in [-0.2, -0.15) is 0 Å². The zero-order valence-corrected chi connectivity index (χ0v) is 35.4. The van der Waals surface area contributed by atoms with E-state index in [0.717, 1.165) is 32.5 Å². The predicted molar refractivity (Wildman–Crippen MR) is 259 cm³/mol. The maximum Gasteiger partial charge on any atom is 0.287 e. The molecule has 0 radical (unpaired) electrons. The van der Waals surface area contributed by atoms with Crippen molar-refractivity contribution in [3.05, 3.63) is 208 Å². The van der Waals surface area contributed by atoms with Crippen molar-refractivity contribution in [3.63, 3.8) is 0 Å². The fraction of sp³-hybridized carbons (Fsp3) is 0.0400. The molecule has 0 bridgehead atoms. The number of rotatable bonds is 16. The summed E-state index contributed by atoms with van der Waals surface area (Å²) in [6, 6.07) is 55.8. The van der Waals surface area contributed by atoms with Gasteiger partial charge in [0, 0.05) is 45.5 Å². The third-order valence-corrected chi connectivity index (χ3v) is 11.4. The van der Waals surface area contributed by atoms with Gasteiger partial charge in [0.15, 0.2) is 0 Å². The molecular formula is C50H42N8O3S2. The van der Waals surface area contributed by atoms with E-state index in [1.54, 1.807) is 48.5 Å². The van der Waals surface area contributed by atoms with Crippen molar-refractivity contribution in [3.8, 4) is 5.75 Å². The molecule has 6 aromatic carbocycles. The summed E-state index contributed by atoms with van der Waals surface area (Å²) in [5.41, 5.74) is 6.45. The van der Waals surface area contributed by atoms with Gasteiger partial charge in [0.1, 0.15) is 17.4 Å². The Morgan fingerprint density at radius 1 is 0.492 bits per heavy atom. The molecule has 7 N–H and O–H groups in total. The molecule has 312 valence electrons. The van der Waals surface area contributed by atoms with E-state index in [1.807, 2.05) is 144 Å². The van der Waals surface area contributed by atoms with E-state index in [9.17, 15) is 9.59 Å². The smallest absolute Gasteiger partial charge is 0.287 e. The van der Waals surface area contributed by atoms with Crippen molar-refractivity contribution in [2.24, 2.45) is 0 Å². The third-order valence-electron chi connectivity index (χ3n) is 9.64. The molecule has 0 saturated carbocycles. The molecule has 1 atom stereocenters. The highest BCUT2D eigenvalue weighted by molar-refractivity contribution is 7.12. The molecule has 11 nitrogen and oxygen atoms in total. The number of amides is 2. The van der Waals surface area contributed by atoms with Crippen LogP contribution in [0.4, 0.5) is 45.5 Å². The maximum absolute atomic E-state index is 14.8. The van der Waals surface area contributed by atoms with Gasteiger partial charge < -0.3 is 31.3 Å². The highest BCUT2D eigenvalue weighted by Gasteiger charge is 2.34. The summed E-state index contributed by atoms with van der Waals surface area (Å²) in [6.07, 6.45) is -1.53. The van der Waals surface area contributed by atoms with Crippen LogP contribution in [0.3, 0.4) is 0 Å². The number of hydrogen-bond donors (Lipinski definition) is 7. The minimum atomic E-state index is -1.47. The average molecular weight is 867 g/mol. The lowest BCUT2D eigenvalue weighted by Crippen LogP contribution is -2.51. The normalized spacial score (nSPS) is 11.1. The van der Waals surface area contributed by atoms with Crippen molar-refractivity contribution >= 4 is 91.7 Å². The molecule has 2 heterocycles. The minimum absolute atomic E-state index is 0.0622. The molecule has 0 aliphatic rings. The van der Waals surface area contributed by atoms with Gasteiger partial charge in [-0.15, -0.1) is 22.7 Å². The van der Waals surface area contributed by atoms with Gasteiger partial charge in [-0.05, 0) is 138 Å². The van der Waals surface area contributed by atoms with Crippen molar-refractivity contribution in [2.45, 2.75) is 12.6 Å². The second-order valence-electron chi connectivity index (χ2n) is 14.2. The molecule has 2 aromatic heterocycles. The van der Waals surface area contributed by atoms with Gasteiger partial charge in [0.2, 0.25) is 5.91 Å². The van der Waals surface area contributed by atoms with Crippen LogP contribution in [0.1, 0.15) is 15.3 Å². The quantitative estimate of drug-likeness (QED) is 0.0290. The number of para-hydroxylation sites is 2. The van der Waals surface area contributed by atoms with Crippen LogP contribution in [-0.2, 0) is 16.0 Å². The number of thiophene rings is 2. The van der Waals surface area contributed by atoms with Crippen LogP contribution >= 0.6 is 22.7 Å². The van der Waals surface area contributed by atoms with Gasteiger partial charge in [0.25, 0.3) is 12.1 Å². The van der Waals surface area contributed by atoms with Crippen molar-refractivity contribution in [1.82, 2.24) is 0 Å². The van der Waals surface area contributed by atoms with Crippen LogP contribution in [-0.4, -0.2) is 29.7 Å². The molecule has 0 saturated heterocycles. The Morgan fingerprint density at radius 2 is 0.921 bits per heavy atom. The molecule has 0 spiro atoms. The number of carbonyl (C=O) groups is 2. The molecule has 0 fully saturated rings. The summed E-state index contributed by atoms with van der Waals surface area (Å²) in [5, 5.41) is 36.7. The van der Waals surface area contributed by atoms with Crippen LogP contribution in [0.25, 0.3) is 0 Å². The van der Waals surface area contributed by atoms with Crippen LogP contribution in [0.2, 0.25) is 0 Å². The number of amidine groups is 2. The highest BCUT2D eigenvalue weighted by Crippen LogP contribution is 2.28. The van der Waals surface area contributed by atoms with Gasteiger partial charge in [-0.3, -0.25) is 25.3 Å². The molecule has 0 aliphatic carbocycles. The lowest BCUT2D eigenvalue weighted by molar-refractivity contribution is -0.128. The first kappa shape index (κ1) is 41.7. The molecule has 8 rings (SSSR count). The first-order valence-corrected chi connectivity index (χ1v) is 21.7. The Labute approximate surface area is 373 Å². The van der Waals surface area contributed by atoms with Crippen LogP contribution in [0.15, 0.2) is 193 Å². The number of anilines is 8. The molecular weight excluding hydrogens is 825 g/mol. The topological polar surface area (TPSA) is 154 Å². The first-order chi connectivity index (χ1) is 30.8. The van der Waals surface area contributed by atoms with E-state index in [0.29, 0.717) is 34.1 Å². The zero-order chi connectivity index (χ0) is 43.4. The summed E-state index contributed by atoms with van der Waals surface area (Å²) in [7, 11) is 0. The highest BCUT2D eigenvalue weighted by atomic mass is 32.1. The Morgan fingerprint density at radius 3 is 1.41 bits per heavy atom. The number of hydrogen-bond acceptors (Lipinski definition) is 9. The Kier molecular flexibility index (Phi) is 13.3. The maximum atomic E-state index is 14.8. The van der Waals surface area contributed by atoms with Gasteiger partial charge in [0.05, 0.1) is 16.2 Å². The summed E-state index contributed by atoms with van der Waals surface area (Å²) < 4.78 is 6.54. The summed E-state index contributed by atoms with van der Waals surface area (Å²) in [5.74, 6) is -0.104. The average Bonchev–Trinajstić information content (AvgIpc) is 4.06. The van der Waals surface area contributed by atoms with E-state index in [1.165, 1.54) is 27.6 Å². The van der Waals surface area contributed by atoms with E-state index < -0.39 is 18.0 Å². The fourth-order valence-corrected chi connectivity index (χ4v) is 7.78. The van der Waals surface area contributed by atoms with E-state index in [2.05, 4.69) is 26.6 Å². The van der Waals surface area contributed by atoms with Crippen LogP contribution < -0.4 is 36.2 Å². The van der Waals surface area contributed by atoms with Crippen LogP contribution in [0, 0.1) is 10.8 Å². The van der Waals surface area contributed by atoms with E-state index >= 15 is 0 Å². The Bertz CT molecular complexity index is 2750. The second-order valence-corrected chi connectivity index (χ2v) is 16.1. The number of nitrogens with one attached hydrogen (secondary N) is 7. The first-order valence-electron chi connectivity index (χ1n) is 19.9. The Hall–Kier alpha value is -8.00. The molecule has 8 aromatic rings. The lowest BCUT2D eigenvalue weighted by atomic mass is 10.1. The monoisotopic (exact) mass is 866 g/mol. The fourth-order valence-electron chi connectivity index (χ4n) is 6.52. The summed E-state index contributed by atoms with van der Waals surface area (Å²) in [6.45, 7) is 0. The molecule has 63 heavy (non-hydrogen) atoms. The van der Waals surface area contributed by atoms with Gasteiger partial charge in [-0.1, -0.05) is 60.7 Å². The van der Waals surface area contributed by atoms with E-state index in [-0.39, 0.29) is 18.1 Å². The lowest BCUT2D eigenvalue weighted by Gasteiger charge is -2.31. The summed E-state index contributed by atoms with van der Waals surface area (Å²) >= 11 is 2.93. The number of benzene rings is 6. The molecule has 1 unspecified atom stereocenters. The van der Waals surface area contributed by atoms with Gasteiger partial charge >= 0.3 is 0 Å². The zero-order valence-electron chi connectivity index (χ0n) is 33.7. The predicted octanol–water partition coefficient (Wildman–Crippen LogP) is 11.8. The Balaban J connectivity index is 1.09.